The molecule has 1 aliphatic rings. The van der Waals surface area contributed by atoms with Crippen molar-refractivity contribution >= 4 is 40.8 Å². The van der Waals surface area contributed by atoms with E-state index in [1.54, 1.807) is 12.1 Å². The molecule has 1 heterocycles. The Balaban J connectivity index is 1.78. The topological polar surface area (TPSA) is 46.6 Å². The average molecular weight is 456 g/mol. The van der Waals surface area contributed by atoms with Crippen LogP contribution in [-0.4, -0.2) is 25.5 Å². The van der Waals surface area contributed by atoms with Gasteiger partial charge in [-0.05, 0) is 54.5 Å². The molecule has 0 aromatic heterocycles. The number of ether oxygens (including phenoxy) is 1. The number of aryl methyl sites for hydroxylation is 1. The van der Waals surface area contributed by atoms with Gasteiger partial charge in [0.05, 0.1) is 22.8 Å². The van der Waals surface area contributed by atoms with Gasteiger partial charge in [-0.2, -0.15) is 0 Å². The highest BCUT2D eigenvalue weighted by Crippen LogP contribution is 2.38. The molecule has 0 aliphatic carbocycles. The highest BCUT2D eigenvalue weighted by Gasteiger charge is 2.30. The van der Waals surface area contributed by atoms with Crippen LogP contribution in [0.25, 0.3) is 0 Å². The number of esters is 1. The quantitative estimate of drug-likeness (QED) is 0.550. The second-order valence-electron chi connectivity index (χ2n) is 7.33. The van der Waals surface area contributed by atoms with Crippen LogP contribution in [0.1, 0.15) is 30.4 Å². The van der Waals surface area contributed by atoms with Crippen LogP contribution in [0.3, 0.4) is 0 Å². The summed E-state index contributed by atoms with van der Waals surface area (Å²) in [6, 6.07) is 6.89. The Morgan fingerprint density at radius 2 is 1.90 bits per heavy atom. The maximum absolute atomic E-state index is 14.0. The van der Waals surface area contributed by atoms with Gasteiger partial charge in [-0.25, -0.2) is 8.78 Å². The minimum Gasteiger partial charge on any atom is -0.469 e. The molecule has 4 nitrogen and oxygen atoms in total. The van der Waals surface area contributed by atoms with Gasteiger partial charge in [-0.3, -0.25) is 9.59 Å². The first-order valence-electron chi connectivity index (χ1n) is 9.57. The van der Waals surface area contributed by atoms with Crippen LogP contribution in [-0.2, 0) is 27.2 Å². The van der Waals surface area contributed by atoms with E-state index in [4.69, 9.17) is 23.2 Å². The van der Waals surface area contributed by atoms with Crippen LogP contribution in [0.4, 0.5) is 14.5 Å². The lowest BCUT2D eigenvalue weighted by molar-refractivity contribution is -0.140. The summed E-state index contributed by atoms with van der Waals surface area (Å²) in [6.07, 6.45) is 1.86. The Morgan fingerprint density at radius 3 is 2.53 bits per heavy atom. The highest BCUT2D eigenvalue weighted by molar-refractivity contribution is 6.40. The first-order chi connectivity index (χ1) is 14.3. The molecule has 2 aromatic rings. The lowest BCUT2D eigenvalue weighted by atomic mass is 9.90. The Labute approximate surface area is 183 Å². The van der Waals surface area contributed by atoms with Crippen molar-refractivity contribution in [1.29, 1.82) is 0 Å². The smallest absolute Gasteiger partial charge is 0.305 e. The van der Waals surface area contributed by atoms with E-state index < -0.39 is 11.6 Å². The number of hydrogen-bond acceptors (Lipinski definition) is 3. The van der Waals surface area contributed by atoms with Crippen molar-refractivity contribution in [2.75, 3.05) is 18.6 Å². The summed E-state index contributed by atoms with van der Waals surface area (Å²) >= 11 is 12.9. The number of amides is 1. The van der Waals surface area contributed by atoms with Crippen molar-refractivity contribution in [3.63, 3.8) is 0 Å². The second-order valence-corrected chi connectivity index (χ2v) is 8.15. The van der Waals surface area contributed by atoms with E-state index in [0.29, 0.717) is 47.1 Å². The van der Waals surface area contributed by atoms with E-state index in [2.05, 4.69) is 4.74 Å². The Morgan fingerprint density at radius 1 is 1.20 bits per heavy atom. The molecule has 30 heavy (non-hydrogen) atoms. The summed E-state index contributed by atoms with van der Waals surface area (Å²) in [6.45, 7) is 0.330. The fourth-order valence-corrected chi connectivity index (χ4v) is 4.40. The number of halogens is 4. The van der Waals surface area contributed by atoms with Gasteiger partial charge in [0.1, 0.15) is 11.6 Å². The van der Waals surface area contributed by atoms with Crippen molar-refractivity contribution in [3.8, 4) is 0 Å². The molecule has 0 saturated carbocycles. The Kier molecular flexibility index (Phi) is 7.32. The maximum atomic E-state index is 14.0. The standard InChI is InChI=1S/C22H21Cl2F2NO3/c1-30-21(29)7-3-13-9-17(23)22(18(24)10-13)27-12-14(2-6-20(27)28)8-15-4-5-16(25)11-19(15)26/h4-5,9-11,14H,2-3,6-8,12H2,1H3. The molecule has 0 radical (unpaired) electrons. The molecule has 8 heteroatoms. The van der Waals surface area contributed by atoms with Crippen molar-refractivity contribution in [3.05, 3.63) is 63.1 Å². The first kappa shape index (κ1) is 22.5. The normalized spacial score (nSPS) is 16.6. The van der Waals surface area contributed by atoms with Crippen LogP contribution in [0.15, 0.2) is 30.3 Å². The highest BCUT2D eigenvalue weighted by atomic mass is 35.5. The third-order valence-corrected chi connectivity index (χ3v) is 5.80. The van der Waals surface area contributed by atoms with Gasteiger partial charge in [-0.15, -0.1) is 0 Å². The number of hydrogen-bond donors (Lipinski definition) is 0. The predicted octanol–water partition coefficient (Wildman–Crippen LogP) is 5.36. The van der Waals surface area contributed by atoms with Crippen LogP contribution in [0.2, 0.25) is 10.0 Å². The van der Waals surface area contributed by atoms with Gasteiger partial charge in [0.25, 0.3) is 0 Å². The lowest BCUT2D eigenvalue weighted by Gasteiger charge is -2.34. The van der Waals surface area contributed by atoms with E-state index in [0.717, 1.165) is 11.6 Å². The molecule has 160 valence electrons. The average Bonchev–Trinajstić information content (AvgIpc) is 2.70. The molecule has 2 aromatic carbocycles. The van der Waals surface area contributed by atoms with Crippen molar-refractivity contribution in [1.82, 2.24) is 0 Å². The van der Waals surface area contributed by atoms with Crippen LogP contribution in [0.5, 0.6) is 0 Å². The zero-order valence-corrected chi connectivity index (χ0v) is 17.9. The van der Waals surface area contributed by atoms with Crippen LogP contribution < -0.4 is 4.90 Å². The molecule has 1 unspecified atom stereocenters. The number of carbonyl (C=O) groups is 2. The summed E-state index contributed by atoms with van der Waals surface area (Å²) < 4.78 is 31.8. The van der Waals surface area contributed by atoms with Gasteiger partial charge >= 0.3 is 5.97 Å². The van der Waals surface area contributed by atoms with Crippen molar-refractivity contribution < 1.29 is 23.1 Å². The number of carbonyl (C=O) groups excluding carboxylic acids is 2. The summed E-state index contributed by atoms with van der Waals surface area (Å²) in [5.74, 6) is -1.69. The van der Waals surface area contributed by atoms with Gasteiger partial charge in [0.15, 0.2) is 0 Å². The molecule has 0 spiro atoms. The summed E-state index contributed by atoms with van der Waals surface area (Å²) in [5, 5.41) is 0.619. The monoisotopic (exact) mass is 455 g/mol. The molecule has 1 atom stereocenters. The van der Waals surface area contributed by atoms with E-state index in [9.17, 15) is 18.4 Å². The molecule has 1 saturated heterocycles. The number of nitrogens with zero attached hydrogens (tertiary/aromatic N) is 1. The molecule has 1 amide bonds. The first-order valence-corrected chi connectivity index (χ1v) is 10.3. The van der Waals surface area contributed by atoms with Gasteiger partial charge in [0, 0.05) is 25.5 Å². The minimum absolute atomic E-state index is 0.0196. The summed E-state index contributed by atoms with van der Waals surface area (Å²) in [4.78, 5) is 25.5. The largest absolute Gasteiger partial charge is 0.469 e. The third-order valence-electron chi connectivity index (χ3n) is 5.22. The fraction of sp³-hybridized carbons (Fsp3) is 0.364. The maximum Gasteiger partial charge on any atom is 0.305 e. The molecular weight excluding hydrogens is 435 g/mol. The Hall–Kier alpha value is -2.18. The predicted molar refractivity (Wildman–Crippen MR) is 112 cm³/mol. The molecule has 1 aliphatic heterocycles. The Bertz CT molecular complexity index is 944. The molecule has 1 fully saturated rings. The summed E-state index contributed by atoms with van der Waals surface area (Å²) in [5.41, 5.74) is 1.58. The zero-order valence-electron chi connectivity index (χ0n) is 16.4. The molecule has 0 N–H and O–H groups in total. The third kappa shape index (κ3) is 5.29. The summed E-state index contributed by atoms with van der Waals surface area (Å²) in [7, 11) is 1.32. The van der Waals surface area contributed by atoms with Crippen LogP contribution >= 0.6 is 23.2 Å². The van der Waals surface area contributed by atoms with Crippen LogP contribution in [0, 0.1) is 17.6 Å². The van der Waals surface area contributed by atoms with Gasteiger partial charge < -0.3 is 9.64 Å². The van der Waals surface area contributed by atoms with E-state index >= 15 is 0 Å². The van der Waals surface area contributed by atoms with Crippen molar-refractivity contribution in [2.24, 2.45) is 5.92 Å². The SMILES string of the molecule is COC(=O)CCc1cc(Cl)c(N2CC(Cc3ccc(F)cc3F)CCC2=O)c(Cl)c1. The van der Waals surface area contributed by atoms with E-state index in [1.165, 1.54) is 24.1 Å². The number of anilines is 1. The van der Waals surface area contributed by atoms with Crippen molar-refractivity contribution in [2.45, 2.75) is 32.1 Å². The number of benzene rings is 2. The van der Waals surface area contributed by atoms with Gasteiger partial charge in [0.2, 0.25) is 5.91 Å². The zero-order chi connectivity index (χ0) is 21.8. The second kappa shape index (κ2) is 9.75. The molecule has 3 rings (SSSR count). The molecular formula is C22H21Cl2F2NO3. The number of piperidine rings is 1. The van der Waals surface area contributed by atoms with E-state index in [1.807, 2.05) is 0 Å². The lowest BCUT2D eigenvalue weighted by Crippen LogP contribution is -2.41. The number of rotatable bonds is 6. The number of methoxy groups -OCH3 is 1. The molecule has 0 bridgehead atoms. The van der Waals surface area contributed by atoms with E-state index in [-0.39, 0.29) is 30.6 Å². The van der Waals surface area contributed by atoms with Gasteiger partial charge in [-0.1, -0.05) is 29.3 Å². The fourth-order valence-electron chi connectivity index (χ4n) is 3.66. The minimum atomic E-state index is -0.623.